The van der Waals surface area contributed by atoms with Gasteiger partial charge >= 0.3 is 5.97 Å². The molecule has 1 saturated heterocycles. The summed E-state index contributed by atoms with van der Waals surface area (Å²) >= 11 is 0. The summed E-state index contributed by atoms with van der Waals surface area (Å²) in [5.74, 6) is 1.40. The second-order valence-electron chi connectivity index (χ2n) is 9.82. The van der Waals surface area contributed by atoms with Crippen molar-refractivity contribution in [3.05, 3.63) is 59.2 Å². The van der Waals surface area contributed by atoms with Crippen molar-refractivity contribution >= 4 is 11.9 Å². The van der Waals surface area contributed by atoms with E-state index in [1.807, 2.05) is 0 Å². The average molecular weight is 496 g/mol. The van der Waals surface area contributed by atoms with Crippen LogP contribution in [0.1, 0.15) is 66.4 Å². The van der Waals surface area contributed by atoms with Crippen LogP contribution in [0.5, 0.6) is 11.5 Å². The summed E-state index contributed by atoms with van der Waals surface area (Å²) in [6, 6.07) is 13.6. The molecule has 194 valence electrons. The van der Waals surface area contributed by atoms with Crippen LogP contribution < -0.4 is 14.8 Å². The van der Waals surface area contributed by atoms with Crippen LogP contribution in [0.4, 0.5) is 0 Å². The van der Waals surface area contributed by atoms with Crippen LogP contribution in [0.3, 0.4) is 0 Å². The van der Waals surface area contributed by atoms with Crippen molar-refractivity contribution in [2.45, 2.75) is 56.9 Å². The lowest BCUT2D eigenvalue weighted by Gasteiger charge is -2.38. The molecule has 7 nitrogen and oxygen atoms in total. The van der Waals surface area contributed by atoms with Crippen molar-refractivity contribution in [3.8, 4) is 11.5 Å². The maximum absolute atomic E-state index is 13.2. The molecule has 1 aliphatic carbocycles. The SMILES string of the molecule is CCC1CCC(NC(=O)c2ccc(OC)c(OCCc3cccc(C4COC4)c3)c2)(C(=O)OC)CC1. The van der Waals surface area contributed by atoms with Crippen molar-refractivity contribution in [2.24, 2.45) is 5.92 Å². The Hall–Kier alpha value is -3.06. The summed E-state index contributed by atoms with van der Waals surface area (Å²) in [6.07, 6.45) is 4.73. The monoisotopic (exact) mass is 495 g/mol. The molecule has 1 N–H and O–H groups in total. The minimum atomic E-state index is -0.991. The smallest absolute Gasteiger partial charge is 0.331 e. The van der Waals surface area contributed by atoms with E-state index in [1.165, 1.54) is 18.2 Å². The Labute approximate surface area is 213 Å². The van der Waals surface area contributed by atoms with Gasteiger partial charge in [0.05, 0.1) is 34.0 Å². The summed E-state index contributed by atoms with van der Waals surface area (Å²) < 4.78 is 21.9. The predicted octanol–water partition coefficient (Wildman–Crippen LogP) is 4.67. The van der Waals surface area contributed by atoms with Crippen LogP contribution >= 0.6 is 0 Å². The molecule has 2 aliphatic rings. The molecule has 0 atom stereocenters. The third kappa shape index (κ3) is 5.84. The number of ether oxygens (including phenoxy) is 4. The molecular formula is C29H37NO6. The summed E-state index contributed by atoms with van der Waals surface area (Å²) in [7, 11) is 2.95. The van der Waals surface area contributed by atoms with E-state index in [4.69, 9.17) is 18.9 Å². The molecule has 2 aromatic carbocycles. The molecule has 7 heteroatoms. The molecule has 0 radical (unpaired) electrons. The third-order valence-corrected chi connectivity index (χ3v) is 7.60. The van der Waals surface area contributed by atoms with Gasteiger partial charge in [-0.25, -0.2) is 4.79 Å². The number of nitrogens with one attached hydrogen (secondary N) is 1. The molecule has 0 bridgehead atoms. The second-order valence-corrected chi connectivity index (χ2v) is 9.82. The van der Waals surface area contributed by atoms with Crippen molar-refractivity contribution in [3.63, 3.8) is 0 Å². The van der Waals surface area contributed by atoms with Gasteiger partial charge in [0.25, 0.3) is 5.91 Å². The average Bonchev–Trinajstić information content (AvgIpc) is 2.87. The summed E-state index contributed by atoms with van der Waals surface area (Å²) in [5, 5.41) is 3.00. The van der Waals surface area contributed by atoms with E-state index >= 15 is 0 Å². The number of amides is 1. The molecule has 0 unspecified atom stereocenters. The zero-order chi connectivity index (χ0) is 25.5. The summed E-state index contributed by atoms with van der Waals surface area (Å²) in [4.78, 5) is 25.9. The Morgan fingerprint density at radius 3 is 2.47 bits per heavy atom. The van der Waals surface area contributed by atoms with Gasteiger partial charge in [0.1, 0.15) is 5.54 Å². The number of esters is 1. The van der Waals surface area contributed by atoms with Crippen LogP contribution in [0, 0.1) is 5.92 Å². The first-order valence-electron chi connectivity index (χ1n) is 12.9. The minimum absolute atomic E-state index is 0.321. The third-order valence-electron chi connectivity index (χ3n) is 7.60. The molecule has 4 rings (SSSR count). The van der Waals surface area contributed by atoms with Gasteiger partial charge in [-0.05, 0) is 60.9 Å². The van der Waals surface area contributed by atoms with Crippen LogP contribution in [0.15, 0.2) is 42.5 Å². The Bertz CT molecular complexity index is 1060. The molecule has 0 aromatic heterocycles. The first-order chi connectivity index (χ1) is 17.5. The first kappa shape index (κ1) is 26.0. The number of methoxy groups -OCH3 is 2. The van der Waals surface area contributed by atoms with Gasteiger partial charge in [0, 0.05) is 17.9 Å². The standard InChI is InChI=1S/C29H37NO6/c1-4-20-10-13-29(14-11-20,28(32)34-3)30-27(31)23-8-9-25(33-2)26(17-23)36-15-12-21-6-5-7-22(16-21)24-18-35-19-24/h5-9,16-17,20,24H,4,10-15,18-19H2,1-3H3,(H,30,31). The molecule has 1 heterocycles. The molecular weight excluding hydrogens is 458 g/mol. The lowest BCUT2D eigenvalue weighted by atomic mass is 9.75. The quantitative estimate of drug-likeness (QED) is 0.482. The van der Waals surface area contributed by atoms with E-state index in [9.17, 15) is 9.59 Å². The molecule has 2 fully saturated rings. The fourth-order valence-electron chi connectivity index (χ4n) is 5.08. The summed E-state index contributed by atoms with van der Waals surface area (Å²) in [6.45, 7) is 4.16. The molecule has 1 amide bonds. The van der Waals surface area contributed by atoms with E-state index in [0.717, 1.165) is 38.9 Å². The largest absolute Gasteiger partial charge is 0.493 e. The Morgan fingerprint density at radius 1 is 1.06 bits per heavy atom. The summed E-state index contributed by atoms with van der Waals surface area (Å²) in [5.41, 5.74) is 1.91. The van der Waals surface area contributed by atoms with Gasteiger partial charge < -0.3 is 24.3 Å². The maximum atomic E-state index is 13.2. The zero-order valence-corrected chi connectivity index (χ0v) is 21.5. The molecule has 2 aromatic rings. The van der Waals surface area contributed by atoms with E-state index in [1.54, 1.807) is 25.3 Å². The number of carbonyl (C=O) groups is 2. The van der Waals surface area contributed by atoms with Gasteiger partial charge in [-0.15, -0.1) is 0 Å². The number of hydrogen-bond acceptors (Lipinski definition) is 6. The second kappa shape index (κ2) is 11.8. The highest BCUT2D eigenvalue weighted by molar-refractivity contribution is 5.98. The van der Waals surface area contributed by atoms with Crippen molar-refractivity contribution in [1.29, 1.82) is 0 Å². The van der Waals surface area contributed by atoms with Crippen molar-refractivity contribution < 1.29 is 28.5 Å². The topological polar surface area (TPSA) is 83.1 Å². The molecule has 1 aliphatic heterocycles. The number of carbonyl (C=O) groups excluding carboxylic acids is 2. The van der Waals surface area contributed by atoms with Gasteiger partial charge in [0.15, 0.2) is 11.5 Å². The first-order valence-corrected chi connectivity index (χ1v) is 12.9. The van der Waals surface area contributed by atoms with Crippen molar-refractivity contribution in [1.82, 2.24) is 5.32 Å². The van der Waals surface area contributed by atoms with Gasteiger partial charge in [-0.3, -0.25) is 4.79 Å². The number of hydrogen-bond donors (Lipinski definition) is 1. The lowest BCUT2D eigenvalue weighted by molar-refractivity contribution is -0.150. The molecule has 1 saturated carbocycles. The van der Waals surface area contributed by atoms with E-state index in [0.29, 0.717) is 48.3 Å². The fraction of sp³-hybridized carbons (Fsp3) is 0.517. The highest BCUT2D eigenvalue weighted by atomic mass is 16.5. The zero-order valence-electron chi connectivity index (χ0n) is 21.5. The maximum Gasteiger partial charge on any atom is 0.331 e. The minimum Gasteiger partial charge on any atom is -0.493 e. The Balaban J connectivity index is 1.42. The van der Waals surface area contributed by atoms with Crippen LogP contribution in [0.2, 0.25) is 0 Å². The Kier molecular flexibility index (Phi) is 8.52. The highest BCUT2D eigenvalue weighted by Gasteiger charge is 2.44. The number of rotatable bonds is 10. The van der Waals surface area contributed by atoms with Crippen LogP contribution in [0.25, 0.3) is 0 Å². The van der Waals surface area contributed by atoms with Gasteiger partial charge in [-0.1, -0.05) is 37.6 Å². The van der Waals surface area contributed by atoms with E-state index < -0.39 is 5.54 Å². The molecule has 0 spiro atoms. The molecule has 36 heavy (non-hydrogen) atoms. The van der Waals surface area contributed by atoms with E-state index in [2.05, 4.69) is 36.5 Å². The number of benzene rings is 2. The van der Waals surface area contributed by atoms with Crippen LogP contribution in [-0.2, 0) is 20.7 Å². The van der Waals surface area contributed by atoms with E-state index in [-0.39, 0.29) is 11.9 Å². The van der Waals surface area contributed by atoms with Gasteiger partial charge in [-0.2, -0.15) is 0 Å². The van der Waals surface area contributed by atoms with Crippen LogP contribution in [-0.4, -0.2) is 51.5 Å². The lowest BCUT2D eigenvalue weighted by Crippen LogP contribution is -2.56. The Morgan fingerprint density at radius 2 is 1.83 bits per heavy atom. The fourth-order valence-corrected chi connectivity index (χ4v) is 5.08. The normalized spacial score (nSPS) is 21.8. The van der Waals surface area contributed by atoms with Gasteiger partial charge in [0.2, 0.25) is 0 Å². The predicted molar refractivity (Wildman–Crippen MR) is 137 cm³/mol. The van der Waals surface area contributed by atoms with Crippen molar-refractivity contribution in [2.75, 3.05) is 34.0 Å². The highest BCUT2D eigenvalue weighted by Crippen LogP contribution is 2.35.